The minimum Gasteiger partial charge on any atom is -0.460 e. The maximum atomic E-state index is 12.3. The topological polar surface area (TPSA) is 26.3 Å². The summed E-state index contributed by atoms with van der Waals surface area (Å²) in [5, 5.41) is 0. The van der Waals surface area contributed by atoms with Crippen molar-refractivity contribution in [2.75, 3.05) is 0 Å². The second-order valence-electron chi connectivity index (χ2n) is 7.11. The number of ether oxygens (including phenoxy) is 1. The lowest BCUT2D eigenvalue weighted by atomic mass is 9.62. The first-order valence-electron chi connectivity index (χ1n) is 6.06. The second kappa shape index (κ2) is 4.38. The number of hydrogen-bond acceptors (Lipinski definition) is 2. The van der Waals surface area contributed by atoms with E-state index in [4.69, 9.17) is 4.74 Å². The van der Waals surface area contributed by atoms with Crippen molar-refractivity contribution in [3.05, 3.63) is 0 Å². The van der Waals surface area contributed by atoms with Crippen LogP contribution in [0.25, 0.3) is 0 Å². The summed E-state index contributed by atoms with van der Waals surface area (Å²) in [4.78, 5) is 12.3. The van der Waals surface area contributed by atoms with Gasteiger partial charge in [-0.15, -0.1) is 0 Å². The molecule has 0 spiro atoms. The highest BCUT2D eigenvalue weighted by Gasteiger charge is 2.48. The molecule has 0 saturated carbocycles. The van der Waals surface area contributed by atoms with Crippen molar-refractivity contribution < 1.29 is 9.53 Å². The van der Waals surface area contributed by atoms with E-state index in [0.717, 1.165) is 0 Å². The number of esters is 1. The quantitative estimate of drug-likeness (QED) is 0.667. The molecule has 2 nitrogen and oxygen atoms in total. The van der Waals surface area contributed by atoms with Gasteiger partial charge >= 0.3 is 5.97 Å². The largest absolute Gasteiger partial charge is 0.460 e. The van der Waals surface area contributed by atoms with Gasteiger partial charge in [0, 0.05) is 0 Å². The van der Waals surface area contributed by atoms with E-state index in [1.54, 1.807) is 0 Å². The Balaban J connectivity index is 5.17. The highest BCUT2D eigenvalue weighted by Crippen LogP contribution is 2.46. The van der Waals surface area contributed by atoms with Gasteiger partial charge in [0.1, 0.15) is 5.60 Å². The zero-order valence-electron chi connectivity index (χ0n) is 12.4. The van der Waals surface area contributed by atoms with Crippen molar-refractivity contribution in [2.45, 2.75) is 67.9 Å². The van der Waals surface area contributed by atoms with Crippen molar-refractivity contribution in [1.29, 1.82) is 0 Å². The van der Waals surface area contributed by atoms with Gasteiger partial charge in [-0.1, -0.05) is 34.6 Å². The highest BCUT2D eigenvalue weighted by molar-refractivity contribution is 5.78. The minimum absolute atomic E-state index is 0.0949. The lowest BCUT2D eigenvalue weighted by Gasteiger charge is -2.44. The molecule has 0 fully saturated rings. The van der Waals surface area contributed by atoms with E-state index >= 15 is 0 Å². The fourth-order valence-electron chi connectivity index (χ4n) is 1.79. The molecule has 96 valence electrons. The average Bonchev–Trinajstić information content (AvgIpc) is 1.96. The molecule has 0 aliphatic heterocycles. The van der Waals surface area contributed by atoms with Gasteiger partial charge in [0.2, 0.25) is 0 Å². The van der Waals surface area contributed by atoms with Crippen molar-refractivity contribution >= 4 is 5.97 Å². The fraction of sp³-hybridized carbons (Fsp3) is 0.929. The van der Waals surface area contributed by atoms with Crippen LogP contribution in [0.5, 0.6) is 0 Å². The SMILES string of the molecule is CC(C)C(C)(C(=O)OC(C)(C)C)C(C)(C)C. The van der Waals surface area contributed by atoms with Crippen LogP contribution in [-0.2, 0) is 9.53 Å². The Morgan fingerprint density at radius 1 is 0.938 bits per heavy atom. The number of hydrogen-bond donors (Lipinski definition) is 0. The summed E-state index contributed by atoms with van der Waals surface area (Å²) in [7, 11) is 0. The van der Waals surface area contributed by atoms with E-state index in [0.29, 0.717) is 0 Å². The van der Waals surface area contributed by atoms with Crippen LogP contribution in [-0.4, -0.2) is 11.6 Å². The molecule has 0 N–H and O–H groups in total. The third kappa shape index (κ3) is 3.23. The molecule has 0 rings (SSSR count). The first kappa shape index (κ1) is 15.5. The molecule has 0 aliphatic rings. The van der Waals surface area contributed by atoms with Crippen molar-refractivity contribution in [2.24, 2.45) is 16.7 Å². The van der Waals surface area contributed by atoms with Crippen LogP contribution in [0.3, 0.4) is 0 Å². The van der Waals surface area contributed by atoms with E-state index in [1.165, 1.54) is 0 Å². The molecule has 0 saturated heterocycles. The Bertz CT molecular complexity index is 253. The number of carbonyl (C=O) groups excluding carboxylic acids is 1. The van der Waals surface area contributed by atoms with Gasteiger partial charge in [-0.3, -0.25) is 4.79 Å². The lowest BCUT2D eigenvalue weighted by molar-refractivity contribution is -0.177. The Hall–Kier alpha value is -0.530. The third-order valence-electron chi connectivity index (χ3n) is 3.54. The van der Waals surface area contributed by atoms with Gasteiger partial charge in [0.15, 0.2) is 0 Å². The monoisotopic (exact) mass is 228 g/mol. The molecule has 0 aromatic carbocycles. The molecule has 0 aromatic rings. The molecule has 0 aromatic heterocycles. The average molecular weight is 228 g/mol. The standard InChI is InChI=1S/C14H28O2/c1-10(2)14(9,12(3,4)5)11(15)16-13(6,7)8/h10H,1-9H3. The molecular weight excluding hydrogens is 200 g/mol. The lowest BCUT2D eigenvalue weighted by Crippen LogP contribution is -2.47. The number of rotatable bonds is 2. The van der Waals surface area contributed by atoms with Gasteiger partial charge < -0.3 is 4.74 Å². The third-order valence-corrected chi connectivity index (χ3v) is 3.54. The first-order chi connectivity index (χ1) is 6.82. The summed E-state index contributed by atoms with van der Waals surface area (Å²) < 4.78 is 5.55. The maximum Gasteiger partial charge on any atom is 0.313 e. The van der Waals surface area contributed by atoms with Gasteiger partial charge in [-0.2, -0.15) is 0 Å². The second-order valence-corrected chi connectivity index (χ2v) is 7.11. The van der Waals surface area contributed by atoms with E-state index in [1.807, 2.05) is 27.7 Å². The smallest absolute Gasteiger partial charge is 0.313 e. The molecule has 1 unspecified atom stereocenters. The molecule has 1 atom stereocenters. The van der Waals surface area contributed by atoms with Crippen molar-refractivity contribution in [3.8, 4) is 0 Å². The van der Waals surface area contributed by atoms with E-state index in [9.17, 15) is 4.79 Å². The van der Waals surface area contributed by atoms with E-state index < -0.39 is 11.0 Å². The van der Waals surface area contributed by atoms with Crippen molar-refractivity contribution in [3.63, 3.8) is 0 Å². The fourth-order valence-corrected chi connectivity index (χ4v) is 1.79. The maximum absolute atomic E-state index is 12.3. The molecular formula is C14H28O2. The Labute approximate surface area is 101 Å². The zero-order valence-corrected chi connectivity index (χ0v) is 12.4. The van der Waals surface area contributed by atoms with Gasteiger partial charge in [0.05, 0.1) is 5.41 Å². The molecule has 0 aliphatic carbocycles. The Kier molecular flexibility index (Phi) is 4.24. The first-order valence-corrected chi connectivity index (χ1v) is 6.06. The van der Waals surface area contributed by atoms with Crippen LogP contribution in [0.15, 0.2) is 0 Å². The molecule has 0 amide bonds. The van der Waals surface area contributed by atoms with Crippen LogP contribution < -0.4 is 0 Å². The molecule has 16 heavy (non-hydrogen) atoms. The van der Waals surface area contributed by atoms with E-state index in [2.05, 4.69) is 34.6 Å². The summed E-state index contributed by atoms with van der Waals surface area (Å²) in [6.07, 6.45) is 0. The summed E-state index contributed by atoms with van der Waals surface area (Å²) in [5.74, 6) is 0.157. The summed E-state index contributed by atoms with van der Waals surface area (Å²) in [6.45, 7) is 18.2. The predicted molar refractivity (Wildman–Crippen MR) is 68.2 cm³/mol. The van der Waals surface area contributed by atoms with Crippen LogP contribution >= 0.6 is 0 Å². The van der Waals surface area contributed by atoms with Crippen LogP contribution in [0.1, 0.15) is 62.3 Å². The van der Waals surface area contributed by atoms with Gasteiger partial charge in [-0.25, -0.2) is 0 Å². The van der Waals surface area contributed by atoms with Crippen LogP contribution in [0, 0.1) is 16.7 Å². The summed E-state index contributed by atoms with van der Waals surface area (Å²) in [5.41, 5.74) is -0.984. The summed E-state index contributed by atoms with van der Waals surface area (Å²) >= 11 is 0. The molecule has 0 heterocycles. The minimum atomic E-state index is -0.458. The molecule has 0 radical (unpaired) electrons. The highest BCUT2D eigenvalue weighted by atomic mass is 16.6. The van der Waals surface area contributed by atoms with Gasteiger partial charge in [-0.05, 0) is 39.0 Å². The van der Waals surface area contributed by atoms with Crippen LogP contribution in [0.4, 0.5) is 0 Å². The van der Waals surface area contributed by atoms with Gasteiger partial charge in [0.25, 0.3) is 0 Å². The predicted octanol–water partition coefficient (Wildman–Crippen LogP) is 4.04. The van der Waals surface area contributed by atoms with Crippen LogP contribution in [0.2, 0.25) is 0 Å². The normalized spacial score (nSPS) is 17.1. The molecule has 2 heteroatoms. The van der Waals surface area contributed by atoms with Crippen molar-refractivity contribution in [1.82, 2.24) is 0 Å². The summed E-state index contributed by atoms with van der Waals surface area (Å²) in [6, 6.07) is 0. The Morgan fingerprint density at radius 3 is 1.50 bits per heavy atom. The zero-order chi connectivity index (χ0) is 13.4. The molecule has 0 bridgehead atoms. The Morgan fingerprint density at radius 2 is 1.31 bits per heavy atom. The van der Waals surface area contributed by atoms with E-state index in [-0.39, 0.29) is 17.3 Å². The number of carbonyl (C=O) groups is 1.